The summed E-state index contributed by atoms with van der Waals surface area (Å²) in [5.74, 6) is 0.352. The van der Waals surface area contributed by atoms with Crippen molar-refractivity contribution in [1.82, 2.24) is 20.8 Å². The van der Waals surface area contributed by atoms with Crippen LogP contribution in [0, 0.1) is 0 Å². The molecular formula is C11H18N4O. The highest BCUT2D eigenvalue weighted by Crippen LogP contribution is 2.24. The first-order valence-electron chi connectivity index (χ1n) is 5.85. The van der Waals surface area contributed by atoms with Crippen LogP contribution in [0.3, 0.4) is 0 Å². The van der Waals surface area contributed by atoms with Gasteiger partial charge in [0, 0.05) is 19.0 Å². The van der Waals surface area contributed by atoms with Crippen LogP contribution in [0.15, 0.2) is 6.20 Å². The summed E-state index contributed by atoms with van der Waals surface area (Å²) in [6.07, 6.45) is 3.88. The molecule has 0 aromatic carbocycles. The first-order valence-corrected chi connectivity index (χ1v) is 5.85. The second-order valence-corrected chi connectivity index (χ2v) is 4.10. The third kappa shape index (κ3) is 2.24. The first kappa shape index (κ1) is 11.1. The van der Waals surface area contributed by atoms with Gasteiger partial charge in [0.25, 0.3) is 5.91 Å². The maximum Gasteiger partial charge on any atom is 0.254 e. The van der Waals surface area contributed by atoms with Gasteiger partial charge in [0.2, 0.25) is 0 Å². The number of rotatable bonds is 3. The second-order valence-electron chi connectivity index (χ2n) is 4.10. The Bertz CT molecular complexity index is 355. The lowest BCUT2D eigenvalue weighted by Gasteiger charge is -2.22. The van der Waals surface area contributed by atoms with Gasteiger partial charge in [-0.3, -0.25) is 9.89 Å². The van der Waals surface area contributed by atoms with Crippen molar-refractivity contribution in [1.29, 1.82) is 0 Å². The molecular weight excluding hydrogens is 204 g/mol. The SMILES string of the molecule is CCNC(=O)c1cn[nH]c1C1CCCNC1. The summed E-state index contributed by atoms with van der Waals surface area (Å²) in [6.45, 7) is 4.56. The molecule has 1 aromatic heterocycles. The third-order valence-electron chi connectivity index (χ3n) is 2.96. The number of nitrogens with one attached hydrogen (secondary N) is 3. The van der Waals surface area contributed by atoms with Gasteiger partial charge in [0.05, 0.1) is 17.5 Å². The van der Waals surface area contributed by atoms with Crippen molar-refractivity contribution in [3.05, 3.63) is 17.5 Å². The van der Waals surface area contributed by atoms with Crippen LogP contribution in [0.4, 0.5) is 0 Å². The average molecular weight is 222 g/mol. The minimum Gasteiger partial charge on any atom is -0.352 e. The number of hydrogen-bond donors (Lipinski definition) is 3. The fraction of sp³-hybridized carbons (Fsp3) is 0.636. The molecule has 1 unspecified atom stereocenters. The Labute approximate surface area is 95.0 Å². The topological polar surface area (TPSA) is 69.8 Å². The zero-order valence-electron chi connectivity index (χ0n) is 9.55. The van der Waals surface area contributed by atoms with Crippen molar-refractivity contribution in [2.45, 2.75) is 25.7 Å². The van der Waals surface area contributed by atoms with E-state index in [0.717, 1.165) is 31.6 Å². The Balaban J connectivity index is 2.14. The molecule has 1 amide bonds. The lowest BCUT2D eigenvalue weighted by molar-refractivity contribution is 0.0954. The molecule has 0 saturated carbocycles. The van der Waals surface area contributed by atoms with E-state index in [0.29, 0.717) is 18.0 Å². The van der Waals surface area contributed by atoms with Gasteiger partial charge >= 0.3 is 0 Å². The van der Waals surface area contributed by atoms with Gasteiger partial charge in [-0.25, -0.2) is 0 Å². The van der Waals surface area contributed by atoms with Crippen LogP contribution in [0.25, 0.3) is 0 Å². The van der Waals surface area contributed by atoms with Gasteiger partial charge in [-0.15, -0.1) is 0 Å². The molecule has 5 nitrogen and oxygen atoms in total. The van der Waals surface area contributed by atoms with E-state index >= 15 is 0 Å². The van der Waals surface area contributed by atoms with Crippen LogP contribution < -0.4 is 10.6 Å². The minimum atomic E-state index is -0.0307. The smallest absolute Gasteiger partial charge is 0.254 e. The molecule has 1 aliphatic heterocycles. The number of aromatic amines is 1. The molecule has 2 heterocycles. The number of H-pyrrole nitrogens is 1. The number of piperidine rings is 1. The molecule has 3 N–H and O–H groups in total. The molecule has 1 aliphatic rings. The molecule has 1 fully saturated rings. The Hall–Kier alpha value is -1.36. The van der Waals surface area contributed by atoms with Crippen LogP contribution in [-0.2, 0) is 0 Å². The highest BCUT2D eigenvalue weighted by molar-refractivity contribution is 5.95. The Kier molecular flexibility index (Phi) is 3.56. The number of carbonyl (C=O) groups excluding carboxylic acids is 1. The fourth-order valence-electron chi connectivity index (χ4n) is 2.14. The highest BCUT2D eigenvalue weighted by Gasteiger charge is 2.22. The van der Waals surface area contributed by atoms with Crippen LogP contribution >= 0.6 is 0 Å². The molecule has 16 heavy (non-hydrogen) atoms. The van der Waals surface area contributed by atoms with Crippen molar-refractivity contribution in [3.63, 3.8) is 0 Å². The largest absolute Gasteiger partial charge is 0.352 e. The second kappa shape index (κ2) is 5.12. The maximum atomic E-state index is 11.8. The predicted molar refractivity (Wildman–Crippen MR) is 61.4 cm³/mol. The summed E-state index contributed by atoms with van der Waals surface area (Å²) in [7, 11) is 0. The Morgan fingerprint density at radius 2 is 2.56 bits per heavy atom. The van der Waals surface area contributed by atoms with Crippen LogP contribution in [0.2, 0.25) is 0 Å². The van der Waals surface area contributed by atoms with E-state index in [1.54, 1.807) is 6.20 Å². The molecule has 88 valence electrons. The van der Waals surface area contributed by atoms with Crippen LogP contribution in [0.1, 0.15) is 41.7 Å². The van der Waals surface area contributed by atoms with Crippen molar-refractivity contribution < 1.29 is 4.79 Å². The van der Waals surface area contributed by atoms with Crippen LogP contribution in [-0.4, -0.2) is 35.7 Å². The first-order chi connectivity index (χ1) is 7.83. The Morgan fingerprint density at radius 1 is 1.69 bits per heavy atom. The molecule has 2 rings (SSSR count). The standard InChI is InChI=1S/C11H18N4O/c1-2-13-11(16)9-7-14-15-10(9)8-4-3-5-12-6-8/h7-8,12H,2-6H2,1H3,(H,13,16)(H,14,15). The molecule has 5 heteroatoms. The number of nitrogens with zero attached hydrogens (tertiary/aromatic N) is 1. The lowest BCUT2D eigenvalue weighted by Crippen LogP contribution is -2.30. The number of carbonyl (C=O) groups is 1. The molecule has 1 saturated heterocycles. The zero-order valence-corrected chi connectivity index (χ0v) is 9.55. The van der Waals surface area contributed by atoms with Crippen molar-refractivity contribution in [3.8, 4) is 0 Å². The third-order valence-corrected chi connectivity index (χ3v) is 2.96. The van der Waals surface area contributed by atoms with E-state index in [1.165, 1.54) is 0 Å². The lowest BCUT2D eigenvalue weighted by atomic mass is 9.93. The molecule has 0 radical (unpaired) electrons. The highest BCUT2D eigenvalue weighted by atomic mass is 16.1. The summed E-state index contributed by atoms with van der Waals surface area (Å²) >= 11 is 0. The summed E-state index contributed by atoms with van der Waals surface area (Å²) < 4.78 is 0. The van der Waals surface area contributed by atoms with E-state index in [4.69, 9.17) is 0 Å². The number of hydrogen-bond acceptors (Lipinski definition) is 3. The van der Waals surface area contributed by atoms with Crippen molar-refractivity contribution in [2.75, 3.05) is 19.6 Å². The molecule has 0 spiro atoms. The predicted octanol–water partition coefficient (Wildman–Crippen LogP) is 0.626. The van der Waals surface area contributed by atoms with Gasteiger partial charge in [0.1, 0.15) is 0 Å². The van der Waals surface area contributed by atoms with Gasteiger partial charge in [-0.05, 0) is 26.3 Å². The number of amides is 1. The van der Waals surface area contributed by atoms with E-state index < -0.39 is 0 Å². The summed E-state index contributed by atoms with van der Waals surface area (Å²) in [4.78, 5) is 11.8. The molecule has 1 aromatic rings. The quantitative estimate of drug-likeness (QED) is 0.702. The van der Waals surface area contributed by atoms with Crippen molar-refractivity contribution in [2.24, 2.45) is 0 Å². The maximum absolute atomic E-state index is 11.8. The summed E-state index contributed by atoms with van der Waals surface area (Å²) in [5, 5.41) is 13.1. The van der Waals surface area contributed by atoms with Gasteiger partial charge in [-0.1, -0.05) is 0 Å². The van der Waals surface area contributed by atoms with Gasteiger partial charge in [0.15, 0.2) is 0 Å². The fourth-order valence-corrected chi connectivity index (χ4v) is 2.14. The minimum absolute atomic E-state index is 0.0307. The van der Waals surface area contributed by atoms with E-state index in [9.17, 15) is 4.79 Å². The average Bonchev–Trinajstić information content (AvgIpc) is 2.79. The summed E-state index contributed by atoms with van der Waals surface area (Å²) in [5.41, 5.74) is 1.66. The molecule has 1 atom stereocenters. The monoisotopic (exact) mass is 222 g/mol. The molecule has 0 aliphatic carbocycles. The van der Waals surface area contributed by atoms with Gasteiger partial charge < -0.3 is 10.6 Å². The van der Waals surface area contributed by atoms with Crippen molar-refractivity contribution >= 4 is 5.91 Å². The Morgan fingerprint density at radius 3 is 3.25 bits per heavy atom. The molecule has 0 bridgehead atoms. The van der Waals surface area contributed by atoms with E-state index in [-0.39, 0.29) is 5.91 Å². The summed E-state index contributed by atoms with van der Waals surface area (Å²) in [6, 6.07) is 0. The number of aromatic nitrogens is 2. The van der Waals surface area contributed by atoms with Gasteiger partial charge in [-0.2, -0.15) is 5.10 Å². The van der Waals surface area contributed by atoms with E-state index in [2.05, 4.69) is 20.8 Å². The van der Waals surface area contributed by atoms with Crippen LogP contribution in [0.5, 0.6) is 0 Å². The zero-order chi connectivity index (χ0) is 11.4. The van der Waals surface area contributed by atoms with E-state index in [1.807, 2.05) is 6.92 Å². The normalized spacial score (nSPS) is 20.7.